The molecule has 126 valence electrons. The van der Waals surface area contributed by atoms with E-state index in [1.54, 1.807) is 25.1 Å². The Hall–Kier alpha value is -2.22. The van der Waals surface area contributed by atoms with Gasteiger partial charge in [0.2, 0.25) is 0 Å². The molecule has 0 spiro atoms. The minimum atomic E-state index is -4.45. The van der Waals surface area contributed by atoms with Crippen LogP contribution in [0.25, 0.3) is 0 Å². The van der Waals surface area contributed by atoms with Crippen molar-refractivity contribution in [3.8, 4) is 0 Å². The monoisotopic (exact) mass is 353 g/mol. The third-order valence-electron chi connectivity index (χ3n) is 3.81. The molecule has 2 aromatic rings. The first-order valence-electron chi connectivity index (χ1n) is 7.25. The number of fused-ring (bicyclic) bond motifs is 1. The first-order valence-corrected chi connectivity index (χ1v) is 7.76. The van der Waals surface area contributed by atoms with Crippen molar-refractivity contribution in [3.05, 3.63) is 53.7 Å². The molecule has 8 heteroatoms. The zero-order valence-corrected chi connectivity index (χ0v) is 13.6. The van der Waals surface area contributed by atoms with Crippen LogP contribution < -0.4 is 4.90 Å². The summed E-state index contributed by atoms with van der Waals surface area (Å²) in [5, 5.41) is 0. The summed E-state index contributed by atoms with van der Waals surface area (Å²) in [5.41, 5.74) is -0.899. The average Bonchev–Trinajstić information content (AvgIpc) is 2.55. The molecule has 4 nitrogen and oxygen atoms in total. The third-order valence-corrected chi connectivity index (χ3v) is 4.32. The molecule has 2 heterocycles. The highest BCUT2D eigenvalue weighted by Crippen LogP contribution is 2.39. The van der Waals surface area contributed by atoms with Gasteiger partial charge >= 0.3 is 6.18 Å². The van der Waals surface area contributed by atoms with Gasteiger partial charge in [-0.15, -0.1) is 12.6 Å². The summed E-state index contributed by atoms with van der Waals surface area (Å²) in [6.45, 7) is 2.16. The minimum absolute atomic E-state index is 0.246. The Morgan fingerprint density at radius 1 is 1.25 bits per heavy atom. The first kappa shape index (κ1) is 16.6. The largest absolute Gasteiger partial charge is 0.416 e. The summed E-state index contributed by atoms with van der Waals surface area (Å²) in [4.78, 5) is 19.7. The molecule has 24 heavy (non-hydrogen) atoms. The average molecular weight is 353 g/mol. The SMILES string of the molecule is CCN1C(=O)c2cccnc2N(c2cccc(C(F)(F)F)c2)C1S. The fraction of sp³-hybridized carbons (Fsp3) is 0.250. The van der Waals surface area contributed by atoms with Crippen molar-refractivity contribution < 1.29 is 18.0 Å². The van der Waals surface area contributed by atoms with E-state index in [0.29, 0.717) is 17.9 Å². The predicted octanol–water partition coefficient (Wildman–Crippen LogP) is 3.93. The molecular formula is C16H14F3N3OS. The van der Waals surface area contributed by atoms with E-state index in [0.717, 1.165) is 12.1 Å². The molecule has 0 fully saturated rings. The first-order chi connectivity index (χ1) is 11.3. The fourth-order valence-corrected chi connectivity index (χ4v) is 3.17. The number of rotatable bonds is 2. The topological polar surface area (TPSA) is 36.4 Å². The number of hydrogen-bond donors (Lipinski definition) is 1. The summed E-state index contributed by atoms with van der Waals surface area (Å²) in [6, 6.07) is 8.13. The van der Waals surface area contributed by atoms with Crippen LogP contribution in [0.1, 0.15) is 22.8 Å². The standard InChI is InChI=1S/C16H14F3N3OS/c1-2-21-14(23)12-7-4-8-20-13(12)22(15(21)24)11-6-3-5-10(9-11)16(17,18)19/h3-9,15,24H,2H2,1H3. The molecule has 1 aromatic heterocycles. The maximum absolute atomic E-state index is 13.0. The number of nitrogens with zero attached hydrogens (tertiary/aromatic N) is 3. The van der Waals surface area contributed by atoms with Gasteiger partial charge in [-0.25, -0.2) is 4.98 Å². The van der Waals surface area contributed by atoms with Crippen LogP contribution in [0.15, 0.2) is 42.6 Å². The van der Waals surface area contributed by atoms with E-state index in [2.05, 4.69) is 17.6 Å². The minimum Gasteiger partial charge on any atom is -0.309 e. The molecule has 0 N–H and O–H groups in total. The highest BCUT2D eigenvalue weighted by molar-refractivity contribution is 7.81. The number of pyridine rings is 1. The van der Waals surface area contributed by atoms with Gasteiger partial charge in [-0.2, -0.15) is 13.2 Å². The van der Waals surface area contributed by atoms with E-state index < -0.39 is 17.2 Å². The van der Waals surface area contributed by atoms with Gasteiger partial charge in [-0.3, -0.25) is 9.69 Å². The highest BCUT2D eigenvalue weighted by Gasteiger charge is 2.38. The van der Waals surface area contributed by atoms with Crippen molar-refractivity contribution in [2.75, 3.05) is 11.4 Å². The number of amides is 1. The normalized spacial score (nSPS) is 17.9. The second-order valence-corrected chi connectivity index (χ2v) is 5.69. The van der Waals surface area contributed by atoms with Gasteiger partial charge in [0, 0.05) is 18.4 Å². The molecule has 1 aromatic carbocycles. The lowest BCUT2D eigenvalue weighted by molar-refractivity contribution is -0.137. The zero-order chi connectivity index (χ0) is 17.5. The molecule has 1 aliphatic heterocycles. The highest BCUT2D eigenvalue weighted by atomic mass is 32.1. The number of hydrogen-bond acceptors (Lipinski definition) is 4. The third kappa shape index (κ3) is 2.71. The van der Waals surface area contributed by atoms with Crippen molar-refractivity contribution in [1.29, 1.82) is 0 Å². The van der Waals surface area contributed by atoms with Crippen LogP contribution in [0.4, 0.5) is 24.7 Å². The van der Waals surface area contributed by atoms with E-state index in [9.17, 15) is 18.0 Å². The Bertz CT molecular complexity index is 781. The Kier molecular flexibility index (Phi) is 4.16. The molecular weight excluding hydrogens is 339 g/mol. The number of thiol groups is 1. The van der Waals surface area contributed by atoms with Crippen LogP contribution in [0.5, 0.6) is 0 Å². The Morgan fingerprint density at radius 2 is 2.00 bits per heavy atom. The van der Waals surface area contributed by atoms with Gasteiger partial charge in [0.05, 0.1) is 11.1 Å². The molecule has 0 saturated heterocycles. The molecule has 1 atom stereocenters. The smallest absolute Gasteiger partial charge is 0.309 e. The summed E-state index contributed by atoms with van der Waals surface area (Å²) >= 11 is 4.44. The summed E-state index contributed by atoms with van der Waals surface area (Å²) in [6.07, 6.45) is -2.96. The van der Waals surface area contributed by atoms with Gasteiger partial charge in [0.15, 0.2) is 5.50 Å². The van der Waals surface area contributed by atoms with Crippen molar-refractivity contribution in [1.82, 2.24) is 9.88 Å². The van der Waals surface area contributed by atoms with E-state index in [4.69, 9.17) is 0 Å². The van der Waals surface area contributed by atoms with Crippen molar-refractivity contribution in [2.45, 2.75) is 18.6 Å². The molecule has 3 rings (SSSR count). The molecule has 0 radical (unpaired) electrons. The van der Waals surface area contributed by atoms with Gasteiger partial charge in [-0.05, 0) is 37.3 Å². The molecule has 0 aliphatic carbocycles. The zero-order valence-electron chi connectivity index (χ0n) is 12.7. The van der Waals surface area contributed by atoms with Crippen molar-refractivity contribution in [2.24, 2.45) is 0 Å². The van der Waals surface area contributed by atoms with Crippen LogP contribution in [-0.2, 0) is 6.18 Å². The second kappa shape index (κ2) is 6.01. The van der Waals surface area contributed by atoms with E-state index in [1.807, 2.05) is 0 Å². The van der Waals surface area contributed by atoms with Crippen LogP contribution in [0, 0.1) is 0 Å². The maximum atomic E-state index is 13.0. The van der Waals surface area contributed by atoms with Crippen molar-refractivity contribution in [3.63, 3.8) is 0 Å². The number of carbonyl (C=O) groups is 1. The van der Waals surface area contributed by atoms with Gasteiger partial charge < -0.3 is 4.90 Å². The Morgan fingerprint density at radius 3 is 2.67 bits per heavy atom. The van der Waals surface area contributed by atoms with Crippen LogP contribution >= 0.6 is 12.6 Å². The Labute approximate surface area is 142 Å². The summed E-state index contributed by atoms with van der Waals surface area (Å²) < 4.78 is 39.0. The fourth-order valence-electron chi connectivity index (χ4n) is 2.66. The number of benzene rings is 1. The van der Waals surface area contributed by atoms with E-state index >= 15 is 0 Å². The predicted molar refractivity (Wildman–Crippen MR) is 87.3 cm³/mol. The van der Waals surface area contributed by atoms with E-state index in [-0.39, 0.29) is 11.6 Å². The molecule has 1 amide bonds. The van der Waals surface area contributed by atoms with Gasteiger partial charge in [0.1, 0.15) is 5.82 Å². The van der Waals surface area contributed by atoms with Crippen LogP contribution in [0.3, 0.4) is 0 Å². The van der Waals surface area contributed by atoms with Gasteiger partial charge in [0.25, 0.3) is 5.91 Å². The summed E-state index contributed by atoms with van der Waals surface area (Å²) in [7, 11) is 0. The number of halogens is 3. The Balaban J connectivity index is 2.16. The molecule has 0 saturated carbocycles. The van der Waals surface area contributed by atoms with Gasteiger partial charge in [-0.1, -0.05) is 6.07 Å². The van der Waals surface area contributed by atoms with E-state index in [1.165, 1.54) is 22.1 Å². The maximum Gasteiger partial charge on any atom is 0.416 e. The number of aromatic nitrogens is 1. The lowest BCUT2D eigenvalue weighted by Gasteiger charge is -2.41. The second-order valence-electron chi connectivity index (χ2n) is 5.23. The van der Waals surface area contributed by atoms with Crippen LogP contribution in [0.2, 0.25) is 0 Å². The molecule has 1 unspecified atom stereocenters. The lowest BCUT2D eigenvalue weighted by atomic mass is 10.1. The number of alkyl halides is 3. The molecule has 0 bridgehead atoms. The number of carbonyl (C=O) groups excluding carboxylic acids is 1. The quantitative estimate of drug-likeness (QED) is 0.831. The summed E-state index contributed by atoms with van der Waals surface area (Å²) in [5.74, 6) is 0.0513. The van der Waals surface area contributed by atoms with Crippen LogP contribution in [-0.4, -0.2) is 27.8 Å². The molecule has 1 aliphatic rings. The van der Waals surface area contributed by atoms with Crippen molar-refractivity contribution >= 4 is 30.0 Å². The number of anilines is 2. The lowest BCUT2D eigenvalue weighted by Crippen LogP contribution is -2.50.